The molecule has 1 fully saturated rings. The molecule has 0 bridgehead atoms. The van der Waals surface area contributed by atoms with Crippen molar-refractivity contribution in [2.45, 2.75) is 37.5 Å². The number of hydrogen-bond acceptors (Lipinski definition) is 4. The lowest BCUT2D eigenvalue weighted by Gasteiger charge is -2.24. The molecule has 0 aromatic carbocycles. The highest BCUT2D eigenvalue weighted by Crippen LogP contribution is 2.19. The molecule has 0 unspecified atom stereocenters. The van der Waals surface area contributed by atoms with Crippen LogP contribution in [-0.4, -0.2) is 46.6 Å². The Hall–Kier alpha value is -0.750. The predicted octanol–water partition coefficient (Wildman–Crippen LogP) is 0.451. The van der Waals surface area contributed by atoms with Gasteiger partial charge in [0.15, 0.2) is 0 Å². The third-order valence-corrected chi connectivity index (χ3v) is 4.09. The number of carbonyl (C=O) groups is 2. The van der Waals surface area contributed by atoms with E-state index in [0.717, 1.165) is 25.9 Å². The van der Waals surface area contributed by atoms with Gasteiger partial charge in [-0.2, -0.15) is 0 Å². The Balaban J connectivity index is 2.27. The summed E-state index contributed by atoms with van der Waals surface area (Å²) in [6.07, 6.45) is 2.14. The number of aliphatic carboxylic acids is 1. The summed E-state index contributed by atoms with van der Waals surface area (Å²) in [6.45, 7) is 4.98. The van der Waals surface area contributed by atoms with Gasteiger partial charge in [0.05, 0.1) is 5.75 Å². The fourth-order valence-corrected chi connectivity index (χ4v) is 2.62. The molecule has 0 aromatic rings. The van der Waals surface area contributed by atoms with Gasteiger partial charge in [0, 0.05) is 5.25 Å². The first kappa shape index (κ1) is 14.3. The van der Waals surface area contributed by atoms with Crippen LogP contribution in [0.1, 0.15) is 26.7 Å². The highest BCUT2D eigenvalue weighted by molar-refractivity contribution is 8.00. The first-order valence-corrected chi connectivity index (χ1v) is 6.83. The average molecular weight is 260 g/mol. The molecule has 0 aromatic heterocycles. The lowest BCUT2D eigenvalue weighted by molar-refractivity contribution is -0.145. The molecule has 1 heterocycles. The van der Waals surface area contributed by atoms with Crippen molar-refractivity contribution in [2.24, 2.45) is 0 Å². The maximum absolute atomic E-state index is 11.6. The summed E-state index contributed by atoms with van der Waals surface area (Å²) in [5.41, 5.74) is -1.19. The molecule has 0 radical (unpaired) electrons. The fraction of sp³-hybridized carbons (Fsp3) is 0.818. The van der Waals surface area contributed by atoms with Gasteiger partial charge in [-0.15, -0.1) is 11.8 Å². The van der Waals surface area contributed by atoms with Gasteiger partial charge in [0.2, 0.25) is 5.91 Å². The monoisotopic (exact) mass is 260 g/mol. The molecule has 17 heavy (non-hydrogen) atoms. The fourth-order valence-electron chi connectivity index (χ4n) is 1.59. The Labute approximate surface area is 106 Å². The molecule has 1 amide bonds. The third kappa shape index (κ3) is 4.95. The Morgan fingerprint density at radius 3 is 2.53 bits per heavy atom. The van der Waals surface area contributed by atoms with E-state index in [9.17, 15) is 9.59 Å². The highest BCUT2D eigenvalue weighted by atomic mass is 32.2. The summed E-state index contributed by atoms with van der Waals surface area (Å²) < 4.78 is 0. The number of hydrogen-bond donors (Lipinski definition) is 3. The van der Waals surface area contributed by atoms with Crippen molar-refractivity contribution >= 4 is 23.6 Å². The van der Waals surface area contributed by atoms with Gasteiger partial charge in [-0.1, -0.05) is 0 Å². The van der Waals surface area contributed by atoms with Crippen LogP contribution in [0.25, 0.3) is 0 Å². The minimum atomic E-state index is -1.19. The second kappa shape index (κ2) is 6.26. The molecule has 5 nitrogen and oxygen atoms in total. The number of carboxylic acid groups (broad SMARTS) is 1. The van der Waals surface area contributed by atoms with E-state index in [2.05, 4.69) is 10.6 Å². The van der Waals surface area contributed by atoms with E-state index in [1.54, 1.807) is 11.8 Å². The van der Waals surface area contributed by atoms with Crippen LogP contribution in [0.2, 0.25) is 0 Å². The molecule has 1 aliphatic heterocycles. The van der Waals surface area contributed by atoms with E-state index in [4.69, 9.17) is 5.11 Å². The zero-order valence-electron chi connectivity index (χ0n) is 10.3. The number of nitrogens with one attached hydrogen (secondary N) is 2. The van der Waals surface area contributed by atoms with Crippen LogP contribution in [0.3, 0.4) is 0 Å². The molecule has 1 rings (SSSR count). The van der Waals surface area contributed by atoms with E-state index in [1.165, 1.54) is 13.8 Å². The molecule has 0 aliphatic carbocycles. The molecule has 0 atom stereocenters. The van der Waals surface area contributed by atoms with Crippen molar-refractivity contribution in [1.29, 1.82) is 0 Å². The van der Waals surface area contributed by atoms with E-state index < -0.39 is 11.5 Å². The lowest BCUT2D eigenvalue weighted by atomic mass is 10.1. The van der Waals surface area contributed by atoms with Crippen molar-refractivity contribution in [3.8, 4) is 0 Å². The molecular formula is C11H20N2O3S. The third-order valence-electron chi connectivity index (χ3n) is 2.72. The van der Waals surface area contributed by atoms with Crippen molar-refractivity contribution in [1.82, 2.24) is 10.6 Å². The summed E-state index contributed by atoms with van der Waals surface area (Å²) >= 11 is 1.61. The van der Waals surface area contributed by atoms with E-state index >= 15 is 0 Å². The summed E-state index contributed by atoms with van der Waals surface area (Å²) in [5, 5.41) is 15.2. The quantitative estimate of drug-likeness (QED) is 0.669. The predicted molar refractivity (Wildman–Crippen MR) is 68.2 cm³/mol. The number of carbonyl (C=O) groups excluding carboxylic acids is 1. The van der Waals surface area contributed by atoms with Crippen LogP contribution in [0, 0.1) is 0 Å². The maximum Gasteiger partial charge on any atom is 0.328 e. The zero-order valence-corrected chi connectivity index (χ0v) is 11.1. The number of carboxylic acids is 1. The lowest BCUT2D eigenvalue weighted by Crippen LogP contribution is -2.50. The molecule has 98 valence electrons. The van der Waals surface area contributed by atoms with E-state index in [-0.39, 0.29) is 5.91 Å². The second-order valence-corrected chi connectivity index (χ2v) is 6.03. The minimum absolute atomic E-state index is 0.207. The van der Waals surface area contributed by atoms with Gasteiger partial charge in [0.1, 0.15) is 5.54 Å². The number of piperidine rings is 1. The van der Waals surface area contributed by atoms with Gasteiger partial charge in [-0.25, -0.2) is 4.79 Å². The van der Waals surface area contributed by atoms with Crippen molar-refractivity contribution in [2.75, 3.05) is 18.8 Å². The molecule has 0 spiro atoms. The molecule has 1 aliphatic rings. The zero-order chi connectivity index (χ0) is 12.9. The largest absolute Gasteiger partial charge is 0.480 e. The average Bonchev–Trinajstić information content (AvgIpc) is 2.27. The summed E-state index contributed by atoms with van der Waals surface area (Å²) in [5.74, 6) is -0.889. The smallest absolute Gasteiger partial charge is 0.328 e. The Morgan fingerprint density at radius 1 is 1.41 bits per heavy atom. The van der Waals surface area contributed by atoms with Gasteiger partial charge < -0.3 is 15.7 Å². The maximum atomic E-state index is 11.6. The van der Waals surface area contributed by atoms with Crippen LogP contribution in [-0.2, 0) is 9.59 Å². The van der Waals surface area contributed by atoms with Gasteiger partial charge >= 0.3 is 5.97 Å². The summed E-state index contributed by atoms with van der Waals surface area (Å²) in [7, 11) is 0. The molecular weight excluding hydrogens is 240 g/mol. The van der Waals surface area contributed by atoms with Crippen LogP contribution >= 0.6 is 11.8 Å². The van der Waals surface area contributed by atoms with Crippen molar-refractivity contribution < 1.29 is 14.7 Å². The molecule has 3 N–H and O–H groups in total. The SMILES string of the molecule is CC(C)(NC(=O)CSC1CCNCC1)C(=O)O. The number of amides is 1. The van der Waals surface area contributed by atoms with Gasteiger partial charge in [-0.3, -0.25) is 4.79 Å². The normalized spacial score (nSPS) is 17.8. The first-order chi connectivity index (χ1) is 7.92. The Bertz CT molecular complexity index is 288. The van der Waals surface area contributed by atoms with Crippen molar-refractivity contribution in [3.05, 3.63) is 0 Å². The molecule has 6 heteroatoms. The van der Waals surface area contributed by atoms with E-state index in [1.807, 2.05) is 0 Å². The topological polar surface area (TPSA) is 78.4 Å². The van der Waals surface area contributed by atoms with E-state index in [0.29, 0.717) is 11.0 Å². The van der Waals surface area contributed by atoms with Crippen LogP contribution < -0.4 is 10.6 Å². The van der Waals surface area contributed by atoms with Crippen LogP contribution in [0.4, 0.5) is 0 Å². The Kier molecular flexibility index (Phi) is 5.27. The number of thioether (sulfide) groups is 1. The highest BCUT2D eigenvalue weighted by Gasteiger charge is 2.29. The second-order valence-electron chi connectivity index (χ2n) is 4.74. The van der Waals surface area contributed by atoms with Crippen LogP contribution in [0.15, 0.2) is 0 Å². The minimum Gasteiger partial charge on any atom is -0.480 e. The van der Waals surface area contributed by atoms with Gasteiger partial charge in [-0.05, 0) is 39.8 Å². The Morgan fingerprint density at radius 2 is 2.00 bits per heavy atom. The summed E-state index contributed by atoms with van der Waals surface area (Å²) in [4.78, 5) is 22.4. The van der Waals surface area contributed by atoms with Crippen LogP contribution in [0.5, 0.6) is 0 Å². The first-order valence-electron chi connectivity index (χ1n) is 5.78. The van der Waals surface area contributed by atoms with Crippen molar-refractivity contribution in [3.63, 3.8) is 0 Å². The molecule has 0 saturated carbocycles. The standard InChI is InChI=1S/C11H20N2O3S/c1-11(2,10(15)16)13-9(14)7-17-8-3-5-12-6-4-8/h8,12H,3-7H2,1-2H3,(H,13,14)(H,15,16). The molecule has 1 saturated heterocycles. The number of rotatable bonds is 5. The van der Waals surface area contributed by atoms with Gasteiger partial charge in [0.25, 0.3) is 0 Å². The summed E-state index contributed by atoms with van der Waals surface area (Å²) in [6, 6.07) is 0.